The fraction of sp³-hybridized carbons (Fsp3) is 0.368. The fourth-order valence-corrected chi connectivity index (χ4v) is 4.99. The third-order valence-electron chi connectivity index (χ3n) is 4.76. The van der Waals surface area contributed by atoms with Crippen LogP contribution in [0.15, 0.2) is 33.4 Å². The Morgan fingerprint density at radius 1 is 1.15 bits per heavy atom. The van der Waals surface area contributed by atoms with Crippen molar-refractivity contribution in [1.29, 1.82) is 0 Å². The van der Waals surface area contributed by atoms with Crippen molar-refractivity contribution in [2.45, 2.75) is 32.0 Å². The molecule has 1 fully saturated rings. The predicted octanol–water partition coefficient (Wildman–Crippen LogP) is 4.70. The second-order valence-corrected chi connectivity index (χ2v) is 8.51. The van der Waals surface area contributed by atoms with Crippen LogP contribution in [0, 0.1) is 0 Å². The molecule has 0 unspecified atom stereocenters. The zero-order chi connectivity index (χ0) is 18.3. The molecule has 2 amide bonds. The first-order valence-electron chi connectivity index (χ1n) is 8.62. The molecule has 0 radical (unpaired) electrons. The molecular formula is C19H18BrNO4S. The van der Waals surface area contributed by atoms with E-state index in [-0.39, 0.29) is 11.8 Å². The van der Waals surface area contributed by atoms with Gasteiger partial charge in [-0.3, -0.25) is 9.59 Å². The third kappa shape index (κ3) is 2.65. The molecule has 0 bridgehead atoms. The molecule has 1 saturated heterocycles. The first-order valence-corrected chi connectivity index (χ1v) is 10.3. The van der Waals surface area contributed by atoms with Gasteiger partial charge in [0.25, 0.3) is 11.8 Å². The molecule has 2 aliphatic rings. The Hall–Kier alpha value is -1.54. The number of hydrogen-bond donors (Lipinski definition) is 0. The maximum absolute atomic E-state index is 13.0. The van der Waals surface area contributed by atoms with E-state index in [1.807, 2.05) is 5.38 Å². The summed E-state index contributed by atoms with van der Waals surface area (Å²) in [7, 11) is 0. The number of carbonyl (C=O) groups excluding carboxylic acids is 2. The number of imide groups is 1. The molecule has 136 valence electrons. The van der Waals surface area contributed by atoms with Crippen molar-refractivity contribution in [3.63, 3.8) is 0 Å². The van der Waals surface area contributed by atoms with Gasteiger partial charge in [0.15, 0.2) is 5.79 Å². The minimum Gasteiger partial charge on any atom is -0.343 e. The zero-order valence-electron chi connectivity index (χ0n) is 14.3. The molecule has 0 aliphatic carbocycles. The summed E-state index contributed by atoms with van der Waals surface area (Å²) in [6.45, 7) is 3.11. The Morgan fingerprint density at radius 3 is 2.35 bits per heavy atom. The van der Waals surface area contributed by atoms with E-state index in [1.54, 1.807) is 24.3 Å². The molecule has 3 heterocycles. The topological polar surface area (TPSA) is 55.8 Å². The van der Waals surface area contributed by atoms with Crippen LogP contribution in [0.25, 0.3) is 0 Å². The van der Waals surface area contributed by atoms with Crippen LogP contribution in [0.2, 0.25) is 0 Å². The Labute approximate surface area is 164 Å². The second-order valence-electron chi connectivity index (χ2n) is 6.32. The summed E-state index contributed by atoms with van der Waals surface area (Å²) in [4.78, 5) is 27.2. The van der Waals surface area contributed by atoms with Gasteiger partial charge in [-0.25, -0.2) is 4.90 Å². The quantitative estimate of drug-likeness (QED) is 0.638. The minimum atomic E-state index is -0.900. The average molecular weight is 436 g/mol. The van der Waals surface area contributed by atoms with Crippen LogP contribution in [-0.4, -0.2) is 25.0 Å². The van der Waals surface area contributed by atoms with E-state index in [1.165, 1.54) is 16.2 Å². The molecular weight excluding hydrogens is 418 g/mol. The lowest BCUT2D eigenvalue weighted by atomic mass is 10.0. The molecule has 0 saturated carbocycles. The van der Waals surface area contributed by atoms with Crippen molar-refractivity contribution >= 4 is 44.8 Å². The number of benzene rings is 1. The molecule has 2 aromatic rings. The molecule has 0 N–H and O–H groups in total. The third-order valence-corrected chi connectivity index (χ3v) is 6.45. The zero-order valence-corrected chi connectivity index (χ0v) is 16.7. The van der Waals surface area contributed by atoms with E-state index in [0.29, 0.717) is 36.4 Å². The van der Waals surface area contributed by atoms with Gasteiger partial charge in [0, 0.05) is 17.4 Å². The van der Waals surface area contributed by atoms with Crippen LogP contribution in [0.5, 0.6) is 0 Å². The number of carbonyl (C=O) groups is 2. The number of rotatable bonds is 5. The monoisotopic (exact) mass is 435 g/mol. The Kier molecular flexibility index (Phi) is 4.73. The highest BCUT2D eigenvalue weighted by molar-refractivity contribution is 9.11. The first-order chi connectivity index (χ1) is 12.6. The summed E-state index contributed by atoms with van der Waals surface area (Å²) in [5.74, 6) is -1.52. The smallest absolute Gasteiger partial charge is 0.266 e. The lowest BCUT2D eigenvalue weighted by molar-refractivity contribution is -0.170. The molecule has 1 aromatic heterocycles. The van der Waals surface area contributed by atoms with Crippen LogP contribution in [-0.2, 0) is 15.3 Å². The van der Waals surface area contributed by atoms with Gasteiger partial charge in [-0.05, 0) is 34.5 Å². The van der Waals surface area contributed by atoms with Gasteiger partial charge in [0.05, 0.1) is 33.8 Å². The molecule has 4 rings (SSSR count). The average Bonchev–Trinajstić information content (AvgIpc) is 3.33. The van der Waals surface area contributed by atoms with E-state index in [2.05, 4.69) is 22.9 Å². The summed E-state index contributed by atoms with van der Waals surface area (Å²) in [6.07, 6.45) is 2.61. The summed E-state index contributed by atoms with van der Waals surface area (Å²) < 4.78 is 12.7. The highest BCUT2D eigenvalue weighted by Crippen LogP contribution is 2.49. The Morgan fingerprint density at radius 2 is 1.77 bits per heavy atom. The highest BCUT2D eigenvalue weighted by atomic mass is 79.9. The number of halogens is 1. The Balaban J connectivity index is 1.81. The van der Waals surface area contributed by atoms with E-state index >= 15 is 0 Å². The molecule has 2 aliphatic heterocycles. The minimum absolute atomic E-state index is 0.311. The largest absolute Gasteiger partial charge is 0.343 e. The van der Waals surface area contributed by atoms with Crippen molar-refractivity contribution < 1.29 is 19.1 Å². The molecule has 1 aromatic carbocycles. The van der Waals surface area contributed by atoms with Gasteiger partial charge in [0.1, 0.15) is 0 Å². The van der Waals surface area contributed by atoms with E-state index in [9.17, 15) is 9.59 Å². The van der Waals surface area contributed by atoms with Crippen LogP contribution in [0.1, 0.15) is 52.5 Å². The van der Waals surface area contributed by atoms with Crippen LogP contribution in [0.4, 0.5) is 5.69 Å². The van der Waals surface area contributed by atoms with Crippen molar-refractivity contribution in [2.24, 2.45) is 0 Å². The molecule has 0 spiro atoms. The number of hydrogen-bond acceptors (Lipinski definition) is 5. The van der Waals surface area contributed by atoms with Crippen molar-refractivity contribution in [1.82, 2.24) is 0 Å². The SMILES string of the molecule is CCCCC1(c2csc(Br)c2N2C(=O)c3ccccc3C2=O)OCCO1. The summed E-state index contributed by atoms with van der Waals surface area (Å²) >= 11 is 4.96. The highest BCUT2D eigenvalue weighted by Gasteiger charge is 2.46. The van der Waals surface area contributed by atoms with Crippen LogP contribution < -0.4 is 4.90 Å². The first kappa shape index (κ1) is 17.9. The maximum Gasteiger partial charge on any atom is 0.266 e. The molecule has 26 heavy (non-hydrogen) atoms. The lowest BCUT2D eigenvalue weighted by Gasteiger charge is -2.29. The van der Waals surface area contributed by atoms with Crippen LogP contribution in [0.3, 0.4) is 0 Å². The number of ether oxygens (including phenoxy) is 2. The second kappa shape index (κ2) is 6.88. The predicted molar refractivity (Wildman–Crippen MR) is 103 cm³/mol. The number of anilines is 1. The summed E-state index contributed by atoms with van der Waals surface area (Å²) in [5.41, 5.74) is 2.14. The normalized spacial score (nSPS) is 18.6. The van der Waals surface area contributed by atoms with Crippen molar-refractivity contribution in [3.05, 3.63) is 50.1 Å². The molecule has 5 nitrogen and oxygen atoms in total. The lowest BCUT2D eigenvalue weighted by Crippen LogP contribution is -2.34. The Bertz CT molecular complexity index is 837. The summed E-state index contributed by atoms with van der Waals surface area (Å²) in [5, 5.41) is 1.92. The van der Waals surface area contributed by atoms with Gasteiger partial charge in [-0.2, -0.15) is 0 Å². The molecule has 0 atom stereocenters. The number of unbranched alkanes of at least 4 members (excludes halogenated alkanes) is 1. The van der Waals surface area contributed by atoms with Gasteiger partial charge < -0.3 is 9.47 Å². The van der Waals surface area contributed by atoms with E-state index < -0.39 is 5.79 Å². The fourth-order valence-electron chi connectivity index (χ4n) is 3.50. The van der Waals surface area contributed by atoms with Gasteiger partial charge in [-0.1, -0.05) is 25.5 Å². The van der Waals surface area contributed by atoms with Gasteiger partial charge >= 0.3 is 0 Å². The van der Waals surface area contributed by atoms with E-state index in [0.717, 1.165) is 22.2 Å². The maximum atomic E-state index is 13.0. The summed E-state index contributed by atoms with van der Waals surface area (Å²) in [6, 6.07) is 6.90. The van der Waals surface area contributed by atoms with Crippen LogP contribution >= 0.6 is 27.3 Å². The number of nitrogens with zero attached hydrogens (tertiary/aromatic N) is 1. The number of amides is 2. The standard InChI is InChI=1S/C19H18BrNO4S/c1-2-3-8-19(24-9-10-25-19)14-11-26-16(20)15(14)21-17(22)12-6-4-5-7-13(12)18(21)23/h4-7,11H,2-3,8-10H2,1H3. The number of thiophene rings is 1. The van der Waals surface area contributed by atoms with E-state index in [4.69, 9.17) is 9.47 Å². The number of fused-ring (bicyclic) bond motifs is 1. The van der Waals surface area contributed by atoms with Crippen molar-refractivity contribution in [2.75, 3.05) is 18.1 Å². The van der Waals surface area contributed by atoms with Gasteiger partial charge in [-0.15, -0.1) is 11.3 Å². The van der Waals surface area contributed by atoms with Gasteiger partial charge in [0.2, 0.25) is 0 Å². The molecule has 7 heteroatoms. The van der Waals surface area contributed by atoms with Crippen molar-refractivity contribution in [3.8, 4) is 0 Å².